The number of rotatable bonds is 10. The van der Waals surface area contributed by atoms with E-state index < -0.39 is 12.3 Å². The molecule has 1 aromatic rings. The molecule has 1 aromatic carbocycles. The van der Waals surface area contributed by atoms with E-state index in [0.29, 0.717) is 18.5 Å². The topological polar surface area (TPSA) is 44.7 Å². The highest BCUT2D eigenvalue weighted by Gasteiger charge is 2.19. The summed E-state index contributed by atoms with van der Waals surface area (Å²) in [6, 6.07) is 7.81. The maximum absolute atomic E-state index is 13.3. The molecule has 2 N–H and O–H groups in total. The van der Waals surface area contributed by atoms with Crippen LogP contribution in [-0.2, 0) is 11.2 Å². The lowest BCUT2D eigenvalue weighted by molar-refractivity contribution is 0.108. The smallest absolute Gasteiger partial charge is 0.244 e. The molecular formula is C23H30F2N2O2. The fourth-order valence-corrected chi connectivity index (χ4v) is 3.05. The predicted molar refractivity (Wildman–Crippen MR) is 113 cm³/mol. The van der Waals surface area contributed by atoms with Crippen molar-refractivity contribution in [2.24, 2.45) is 5.92 Å². The number of nitrogens with one attached hydrogen (secondary N) is 1. The number of nitrogens with zero attached hydrogens (tertiary/aromatic N) is 1. The second-order valence-corrected chi connectivity index (χ2v) is 6.84. The van der Waals surface area contributed by atoms with Crippen molar-refractivity contribution in [3.8, 4) is 0 Å². The minimum Gasteiger partial charge on any atom is -0.497 e. The number of halogens is 2. The first-order valence-electron chi connectivity index (χ1n) is 9.80. The SMILES string of the molecule is CNN(C1=CCC=C(OC)C=C1)/C(=C\C(C)C(F)F)c1ccc(CCCO)cc1. The van der Waals surface area contributed by atoms with E-state index in [1.54, 1.807) is 20.2 Å². The van der Waals surface area contributed by atoms with Crippen molar-refractivity contribution in [1.29, 1.82) is 0 Å². The second kappa shape index (κ2) is 11.5. The van der Waals surface area contributed by atoms with Gasteiger partial charge in [0.15, 0.2) is 0 Å². The van der Waals surface area contributed by atoms with Crippen LogP contribution in [0, 0.1) is 5.92 Å². The van der Waals surface area contributed by atoms with Gasteiger partial charge in [-0.05, 0) is 48.6 Å². The standard InChI is InChI=1S/C23H30F2N2O2/c1-17(23(24)25)16-22(19-11-9-18(10-12-19)6-5-15-28)27(26-2)20-7-4-8-21(29-3)14-13-20/h7-14,16-17,23,26,28H,4-6,15H2,1-3H3/b22-16-. The van der Waals surface area contributed by atoms with Gasteiger partial charge in [-0.3, -0.25) is 5.01 Å². The summed E-state index contributed by atoms with van der Waals surface area (Å²) in [7, 11) is 3.38. The molecule has 1 unspecified atom stereocenters. The number of allylic oxidation sites excluding steroid dienone is 5. The van der Waals surface area contributed by atoms with Crippen LogP contribution in [0.15, 0.2) is 66.1 Å². The summed E-state index contributed by atoms with van der Waals surface area (Å²) in [6.07, 6.45) is 9.00. The van der Waals surface area contributed by atoms with Crippen LogP contribution in [0.5, 0.6) is 0 Å². The molecule has 0 fully saturated rings. The van der Waals surface area contributed by atoms with Crippen LogP contribution in [0.2, 0.25) is 0 Å². The Kier molecular flexibility index (Phi) is 9.09. The predicted octanol–water partition coefficient (Wildman–Crippen LogP) is 4.66. The van der Waals surface area contributed by atoms with Crippen LogP contribution in [0.25, 0.3) is 5.70 Å². The van der Waals surface area contributed by atoms with Crippen LogP contribution >= 0.6 is 0 Å². The second-order valence-electron chi connectivity index (χ2n) is 6.84. The Balaban J connectivity index is 2.40. The van der Waals surface area contributed by atoms with Crippen molar-refractivity contribution >= 4 is 5.70 Å². The number of aliphatic hydroxyl groups is 1. The molecule has 0 bridgehead atoms. The van der Waals surface area contributed by atoms with Crippen molar-refractivity contribution in [3.63, 3.8) is 0 Å². The van der Waals surface area contributed by atoms with Crippen molar-refractivity contribution < 1.29 is 18.6 Å². The molecular weight excluding hydrogens is 374 g/mol. The number of hydrazine groups is 1. The van der Waals surface area contributed by atoms with Gasteiger partial charge in [-0.2, -0.15) is 0 Å². The van der Waals surface area contributed by atoms with Crippen molar-refractivity contribution in [2.75, 3.05) is 20.8 Å². The van der Waals surface area contributed by atoms with Gasteiger partial charge < -0.3 is 9.84 Å². The lowest BCUT2D eigenvalue weighted by Crippen LogP contribution is -2.32. The summed E-state index contributed by atoms with van der Waals surface area (Å²) < 4.78 is 31.9. The number of hydrogen-bond acceptors (Lipinski definition) is 4. The first kappa shape index (κ1) is 22.8. The minimum atomic E-state index is -2.45. The van der Waals surface area contributed by atoms with E-state index in [4.69, 9.17) is 9.84 Å². The lowest BCUT2D eigenvalue weighted by atomic mass is 10.0. The zero-order chi connectivity index (χ0) is 21.2. The third-order valence-corrected chi connectivity index (χ3v) is 4.71. The fourth-order valence-electron chi connectivity index (χ4n) is 3.05. The molecule has 2 rings (SSSR count). The molecule has 0 spiro atoms. The zero-order valence-corrected chi connectivity index (χ0v) is 17.2. The summed E-state index contributed by atoms with van der Waals surface area (Å²) in [4.78, 5) is 0. The molecule has 0 heterocycles. The van der Waals surface area contributed by atoms with Crippen molar-refractivity contribution in [1.82, 2.24) is 10.4 Å². The van der Waals surface area contributed by atoms with Gasteiger partial charge in [-0.25, -0.2) is 14.2 Å². The van der Waals surface area contributed by atoms with E-state index in [0.717, 1.165) is 29.0 Å². The number of aryl methyl sites for hydroxylation is 1. The van der Waals surface area contributed by atoms with E-state index in [2.05, 4.69) is 5.43 Å². The molecule has 0 amide bonds. The molecule has 1 aliphatic rings. The monoisotopic (exact) mass is 404 g/mol. The number of ether oxygens (including phenoxy) is 1. The molecule has 0 aromatic heterocycles. The summed E-state index contributed by atoms with van der Waals surface area (Å²) in [5.74, 6) is -0.148. The Labute approximate surface area is 171 Å². The highest BCUT2D eigenvalue weighted by atomic mass is 19.3. The highest BCUT2D eigenvalue weighted by Crippen LogP contribution is 2.27. The highest BCUT2D eigenvalue weighted by molar-refractivity contribution is 5.66. The average Bonchev–Trinajstić information content (AvgIpc) is 2.98. The van der Waals surface area contributed by atoms with Gasteiger partial charge in [0.1, 0.15) is 5.76 Å². The van der Waals surface area contributed by atoms with E-state index in [9.17, 15) is 8.78 Å². The van der Waals surface area contributed by atoms with Crippen molar-refractivity contribution in [2.45, 2.75) is 32.6 Å². The molecule has 0 saturated heterocycles. The summed E-state index contributed by atoms with van der Waals surface area (Å²) in [6.45, 7) is 1.65. The van der Waals surface area contributed by atoms with E-state index in [-0.39, 0.29) is 6.61 Å². The van der Waals surface area contributed by atoms with Crippen LogP contribution in [0.4, 0.5) is 8.78 Å². The molecule has 1 atom stereocenters. The van der Waals surface area contributed by atoms with Crippen LogP contribution in [-0.4, -0.2) is 37.3 Å². The molecule has 158 valence electrons. The molecule has 4 nitrogen and oxygen atoms in total. The van der Waals surface area contributed by atoms with Gasteiger partial charge in [0.25, 0.3) is 0 Å². The Bertz CT molecular complexity index is 768. The first-order valence-corrected chi connectivity index (χ1v) is 9.80. The number of alkyl halides is 2. The van der Waals surface area contributed by atoms with Crippen LogP contribution in [0.3, 0.4) is 0 Å². The molecule has 0 saturated carbocycles. The molecule has 1 aliphatic carbocycles. The Morgan fingerprint density at radius 2 is 1.97 bits per heavy atom. The Morgan fingerprint density at radius 1 is 1.24 bits per heavy atom. The van der Waals surface area contributed by atoms with Gasteiger partial charge in [0.05, 0.1) is 18.5 Å². The van der Waals surface area contributed by atoms with E-state index in [1.165, 1.54) is 6.92 Å². The average molecular weight is 405 g/mol. The zero-order valence-electron chi connectivity index (χ0n) is 17.2. The third kappa shape index (κ3) is 6.54. The Hall–Kier alpha value is -2.44. The number of hydrogen-bond donors (Lipinski definition) is 2. The Morgan fingerprint density at radius 3 is 2.55 bits per heavy atom. The summed E-state index contributed by atoms with van der Waals surface area (Å²) in [5.41, 5.74) is 6.56. The third-order valence-electron chi connectivity index (χ3n) is 4.71. The largest absolute Gasteiger partial charge is 0.497 e. The number of methoxy groups -OCH3 is 1. The normalized spacial score (nSPS) is 15.6. The van der Waals surface area contributed by atoms with Gasteiger partial charge in [-0.1, -0.05) is 43.3 Å². The molecule has 0 radical (unpaired) electrons. The fraction of sp³-hybridized carbons (Fsp3) is 0.391. The van der Waals surface area contributed by atoms with E-state index >= 15 is 0 Å². The summed E-state index contributed by atoms with van der Waals surface area (Å²) in [5, 5.41) is 10.8. The molecule has 0 aliphatic heterocycles. The number of benzene rings is 1. The quantitative estimate of drug-likeness (QED) is 0.557. The van der Waals surface area contributed by atoms with E-state index in [1.807, 2.05) is 53.6 Å². The molecule has 29 heavy (non-hydrogen) atoms. The van der Waals surface area contributed by atoms with Gasteiger partial charge in [0, 0.05) is 19.6 Å². The van der Waals surface area contributed by atoms with Gasteiger partial charge in [0.2, 0.25) is 6.43 Å². The van der Waals surface area contributed by atoms with Gasteiger partial charge in [-0.15, -0.1) is 0 Å². The lowest BCUT2D eigenvalue weighted by Gasteiger charge is -2.29. The van der Waals surface area contributed by atoms with Crippen LogP contribution in [0.1, 0.15) is 30.9 Å². The maximum atomic E-state index is 13.3. The van der Waals surface area contributed by atoms with Crippen molar-refractivity contribution in [3.05, 3.63) is 77.2 Å². The first-order chi connectivity index (χ1) is 14.0. The van der Waals surface area contributed by atoms with Crippen LogP contribution < -0.4 is 5.43 Å². The molecule has 6 heteroatoms. The maximum Gasteiger partial charge on any atom is 0.244 e. The number of aliphatic hydroxyl groups excluding tert-OH is 1. The minimum absolute atomic E-state index is 0.143. The summed E-state index contributed by atoms with van der Waals surface area (Å²) >= 11 is 0. The van der Waals surface area contributed by atoms with Gasteiger partial charge >= 0.3 is 0 Å².